The van der Waals surface area contributed by atoms with Crippen molar-refractivity contribution in [2.75, 3.05) is 32.7 Å². The van der Waals surface area contributed by atoms with E-state index >= 15 is 0 Å². The first-order chi connectivity index (χ1) is 12.4. The molecule has 2 aliphatic rings. The van der Waals surface area contributed by atoms with Gasteiger partial charge in [-0.15, -0.1) is 0 Å². The van der Waals surface area contributed by atoms with Crippen molar-refractivity contribution in [2.24, 2.45) is 0 Å². The van der Waals surface area contributed by atoms with Crippen LogP contribution in [0.4, 0.5) is 4.79 Å². The van der Waals surface area contributed by atoms with Crippen molar-refractivity contribution in [2.45, 2.75) is 43.3 Å². The average molecular weight is 399 g/mol. The average Bonchev–Trinajstić information content (AvgIpc) is 2.63. The summed E-state index contributed by atoms with van der Waals surface area (Å²) in [6.07, 6.45) is 2.05. The summed E-state index contributed by atoms with van der Waals surface area (Å²) < 4.78 is 0. The van der Waals surface area contributed by atoms with Crippen molar-refractivity contribution in [3.05, 3.63) is 34.9 Å². The predicted octanol–water partition coefficient (Wildman–Crippen LogP) is 2.76. The molecule has 0 aromatic heterocycles. The van der Waals surface area contributed by atoms with Gasteiger partial charge in [-0.1, -0.05) is 36.4 Å². The first-order valence-corrected chi connectivity index (χ1v) is 10.1. The van der Waals surface area contributed by atoms with Crippen LogP contribution in [-0.4, -0.2) is 69.7 Å². The molecule has 2 N–H and O–H groups in total. The van der Waals surface area contributed by atoms with E-state index in [0.29, 0.717) is 38.4 Å². The van der Waals surface area contributed by atoms with Crippen molar-refractivity contribution in [1.29, 1.82) is 0 Å². The number of halogens is 1. The Morgan fingerprint density at radius 1 is 1.19 bits per heavy atom. The van der Waals surface area contributed by atoms with Crippen LogP contribution in [0.25, 0.3) is 0 Å². The number of carbonyl (C=O) groups excluding carboxylic acids is 1. The molecule has 0 bridgehead atoms. The van der Waals surface area contributed by atoms with Crippen LogP contribution in [0, 0.1) is 0 Å². The van der Waals surface area contributed by atoms with E-state index in [9.17, 15) is 15.0 Å². The van der Waals surface area contributed by atoms with Crippen molar-refractivity contribution >= 4 is 29.5 Å². The highest BCUT2D eigenvalue weighted by molar-refractivity contribution is 7.96. The van der Waals surface area contributed by atoms with Crippen molar-refractivity contribution in [3.63, 3.8) is 0 Å². The van der Waals surface area contributed by atoms with Gasteiger partial charge in [0, 0.05) is 24.7 Å². The molecule has 5 nitrogen and oxygen atoms in total. The van der Waals surface area contributed by atoms with Gasteiger partial charge >= 0.3 is 0 Å². The van der Waals surface area contributed by atoms with Gasteiger partial charge in [-0.3, -0.25) is 4.79 Å². The molecular weight excluding hydrogens is 372 g/mol. The second-order valence-electron chi connectivity index (χ2n) is 7.52. The number of benzene rings is 1. The molecule has 1 aromatic rings. The van der Waals surface area contributed by atoms with Crippen LogP contribution in [-0.2, 0) is 0 Å². The van der Waals surface area contributed by atoms with E-state index in [4.69, 9.17) is 11.6 Å². The van der Waals surface area contributed by atoms with Gasteiger partial charge in [0.05, 0.1) is 11.7 Å². The predicted molar refractivity (Wildman–Crippen MR) is 106 cm³/mol. The van der Waals surface area contributed by atoms with Crippen LogP contribution in [0.2, 0.25) is 5.02 Å². The molecule has 0 saturated carbocycles. The number of aliphatic hydroxyl groups excluding tert-OH is 1. The zero-order valence-electron chi connectivity index (χ0n) is 14.9. The standard InChI is InChI=1S/C19H27ClN2O3S/c20-16-3-1-14(2-4-16)15-5-9-21(10-6-15)13-17(23)19(25)7-11-22(12-8-19)18(24)26/h1-4,15,17,23,25H,5-13H2,(H,24,26). The van der Waals surface area contributed by atoms with Gasteiger partial charge in [0.15, 0.2) is 0 Å². The third-order valence-corrected chi connectivity index (χ3v) is 6.42. The zero-order chi connectivity index (χ0) is 18.7. The summed E-state index contributed by atoms with van der Waals surface area (Å²) in [5.41, 5.74) is 0.198. The Morgan fingerprint density at radius 3 is 2.31 bits per heavy atom. The molecule has 1 aromatic carbocycles. The van der Waals surface area contributed by atoms with Crippen LogP contribution >= 0.6 is 24.2 Å². The minimum Gasteiger partial charge on any atom is -0.389 e. The van der Waals surface area contributed by atoms with E-state index in [1.54, 1.807) is 4.90 Å². The molecule has 1 unspecified atom stereocenters. The number of rotatable bonds is 4. The highest BCUT2D eigenvalue weighted by Gasteiger charge is 2.40. The molecule has 1 amide bonds. The van der Waals surface area contributed by atoms with Crippen molar-refractivity contribution in [3.8, 4) is 0 Å². The third-order valence-electron chi connectivity index (χ3n) is 5.88. The van der Waals surface area contributed by atoms with Gasteiger partial charge in [0.25, 0.3) is 5.24 Å². The maximum absolute atomic E-state index is 11.3. The molecule has 3 rings (SSSR count). The molecule has 7 heteroatoms. The lowest BCUT2D eigenvalue weighted by Crippen LogP contribution is -2.55. The van der Waals surface area contributed by atoms with Crippen LogP contribution in [0.3, 0.4) is 0 Å². The number of carbonyl (C=O) groups is 1. The summed E-state index contributed by atoms with van der Waals surface area (Å²) in [5, 5.41) is 21.9. The largest absolute Gasteiger partial charge is 0.389 e. The number of hydrogen-bond acceptors (Lipinski definition) is 4. The van der Waals surface area contributed by atoms with Gasteiger partial charge in [0.1, 0.15) is 0 Å². The first kappa shape index (κ1) is 20.0. The summed E-state index contributed by atoms with van der Waals surface area (Å²) in [4.78, 5) is 15.1. The monoisotopic (exact) mass is 398 g/mol. The molecule has 2 saturated heterocycles. The molecule has 0 radical (unpaired) electrons. The fourth-order valence-electron chi connectivity index (χ4n) is 4.02. The Kier molecular flexibility index (Phi) is 6.51. The van der Waals surface area contributed by atoms with E-state index in [1.807, 2.05) is 12.1 Å². The number of nitrogens with zero attached hydrogens (tertiary/aromatic N) is 2. The lowest BCUT2D eigenvalue weighted by molar-refractivity contribution is -0.113. The highest BCUT2D eigenvalue weighted by Crippen LogP contribution is 2.31. The lowest BCUT2D eigenvalue weighted by atomic mass is 9.85. The molecular formula is C19H27ClN2O3S. The van der Waals surface area contributed by atoms with Crippen LogP contribution in [0.5, 0.6) is 0 Å². The molecule has 2 fully saturated rings. The van der Waals surface area contributed by atoms with Gasteiger partial charge in [-0.05, 0) is 62.4 Å². The molecule has 26 heavy (non-hydrogen) atoms. The molecule has 0 spiro atoms. The maximum atomic E-state index is 11.3. The number of thiol groups is 1. The number of amides is 1. The molecule has 2 aliphatic heterocycles. The lowest BCUT2D eigenvalue weighted by Gasteiger charge is -2.42. The molecule has 144 valence electrons. The number of aliphatic hydroxyl groups is 2. The minimum absolute atomic E-state index is 0.272. The van der Waals surface area contributed by atoms with E-state index < -0.39 is 11.7 Å². The Hall–Kier alpha value is -0.790. The van der Waals surface area contributed by atoms with Crippen LogP contribution < -0.4 is 0 Å². The van der Waals surface area contributed by atoms with E-state index in [1.165, 1.54) is 5.56 Å². The Labute approximate surface area is 165 Å². The second-order valence-corrected chi connectivity index (χ2v) is 8.33. The third kappa shape index (κ3) is 4.73. The number of β-amino-alcohol motifs (C(OH)–C–C–N with tert-alkyl or cyclic N) is 1. The van der Waals surface area contributed by atoms with E-state index in [0.717, 1.165) is 31.0 Å². The van der Waals surface area contributed by atoms with Crippen LogP contribution in [0.1, 0.15) is 37.2 Å². The Morgan fingerprint density at radius 2 is 1.77 bits per heavy atom. The molecule has 0 aliphatic carbocycles. The zero-order valence-corrected chi connectivity index (χ0v) is 16.5. The quantitative estimate of drug-likeness (QED) is 0.682. The highest BCUT2D eigenvalue weighted by atomic mass is 35.5. The first-order valence-electron chi connectivity index (χ1n) is 9.23. The fourth-order valence-corrected chi connectivity index (χ4v) is 4.34. The second kappa shape index (κ2) is 8.48. The molecule has 1 atom stereocenters. The smallest absolute Gasteiger partial charge is 0.278 e. The normalized spacial score (nSPS) is 23.0. The Bertz CT molecular complexity index is 612. The van der Waals surface area contributed by atoms with Crippen LogP contribution in [0.15, 0.2) is 24.3 Å². The fraction of sp³-hybridized carbons (Fsp3) is 0.632. The number of piperidine rings is 2. The van der Waals surface area contributed by atoms with E-state index in [-0.39, 0.29) is 5.24 Å². The topological polar surface area (TPSA) is 64.0 Å². The number of likely N-dealkylation sites (tertiary alicyclic amines) is 2. The SMILES string of the molecule is O=C(S)N1CCC(O)(C(O)CN2CCC(c3ccc(Cl)cc3)CC2)CC1. The van der Waals surface area contributed by atoms with Crippen molar-refractivity contribution in [1.82, 2.24) is 9.80 Å². The van der Waals surface area contributed by atoms with Gasteiger partial charge in [0.2, 0.25) is 0 Å². The van der Waals surface area contributed by atoms with Crippen molar-refractivity contribution < 1.29 is 15.0 Å². The summed E-state index contributed by atoms with van der Waals surface area (Å²) in [5.74, 6) is 0.522. The van der Waals surface area contributed by atoms with Gasteiger partial charge in [-0.2, -0.15) is 0 Å². The number of hydrogen-bond donors (Lipinski definition) is 3. The minimum atomic E-state index is -1.12. The van der Waals surface area contributed by atoms with Gasteiger partial charge in [-0.25, -0.2) is 0 Å². The summed E-state index contributed by atoms with van der Waals surface area (Å²) in [7, 11) is 0. The van der Waals surface area contributed by atoms with Gasteiger partial charge < -0.3 is 20.0 Å². The maximum Gasteiger partial charge on any atom is 0.278 e. The summed E-state index contributed by atoms with van der Waals surface area (Å²) in [6, 6.07) is 8.06. The summed E-state index contributed by atoms with van der Waals surface area (Å²) >= 11 is 9.79. The van der Waals surface area contributed by atoms with E-state index in [2.05, 4.69) is 29.7 Å². The Balaban J connectivity index is 1.48. The molecule has 2 heterocycles. The summed E-state index contributed by atoms with van der Waals surface area (Å²) in [6.45, 7) is 3.16.